The summed E-state index contributed by atoms with van der Waals surface area (Å²) in [6.07, 6.45) is 2.37. The average Bonchev–Trinajstić information content (AvgIpc) is 2.83. The first-order chi connectivity index (χ1) is 10.1. The summed E-state index contributed by atoms with van der Waals surface area (Å²) in [7, 11) is 1.74. The van der Waals surface area contributed by atoms with Gasteiger partial charge in [-0.25, -0.2) is 4.79 Å². The van der Waals surface area contributed by atoms with Crippen molar-refractivity contribution in [1.29, 1.82) is 0 Å². The van der Waals surface area contributed by atoms with Gasteiger partial charge in [-0.05, 0) is 18.6 Å². The maximum atomic E-state index is 12.4. The first-order valence-corrected chi connectivity index (χ1v) is 7.03. The molecule has 0 radical (unpaired) electrons. The molecule has 7 heteroatoms. The van der Waals surface area contributed by atoms with E-state index in [0.717, 1.165) is 12.2 Å². The molecule has 1 N–H and O–H groups in total. The highest BCUT2D eigenvalue weighted by molar-refractivity contribution is 5.74. The van der Waals surface area contributed by atoms with Crippen molar-refractivity contribution < 1.29 is 19.1 Å². The van der Waals surface area contributed by atoms with Crippen molar-refractivity contribution in [3.05, 3.63) is 24.2 Å². The predicted molar refractivity (Wildman–Crippen MR) is 75.8 cm³/mol. The molecule has 0 aliphatic carbocycles. The number of carbonyl (C=O) groups is 2. The third-order valence-corrected chi connectivity index (χ3v) is 3.52. The Morgan fingerprint density at radius 3 is 2.81 bits per heavy atom. The van der Waals surface area contributed by atoms with E-state index in [4.69, 9.17) is 9.52 Å². The second kappa shape index (κ2) is 7.12. The molecule has 2 amide bonds. The van der Waals surface area contributed by atoms with Gasteiger partial charge in [0.25, 0.3) is 0 Å². The van der Waals surface area contributed by atoms with Gasteiger partial charge in [-0.2, -0.15) is 0 Å². The van der Waals surface area contributed by atoms with E-state index in [0.29, 0.717) is 32.7 Å². The molecule has 1 saturated heterocycles. The van der Waals surface area contributed by atoms with Gasteiger partial charge in [0.05, 0.1) is 19.4 Å². The topological polar surface area (TPSA) is 77.2 Å². The van der Waals surface area contributed by atoms with Crippen molar-refractivity contribution in [2.75, 3.05) is 39.8 Å². The molecule has 1 aromatic heterocycles. The lowest BCUT2D eigenvalue weighted by Crippen LogP contribution is -2.43. The van der Waals surface area contributed by atoms with E-state index in [1.165, 1.54) is 0 Å². The Morgan fingerprint density at radius 1 is 1.33 bits per heavy atom. The zero-order chi connectivity index (χ0) is 15.2. The number of aliphatic carboxylic acids is 1. The van der Waals surface area contributed by atoms with Crippen LogP contribution in [0.2, 0.25) is 0 Å². The quantitative estimate of drug-likeness (QED) is 0.894. The van der Waals surface area contributed by atoms with Crippen molar-refractivity contribution in [1.82, 2.24) is 14.7 Å². The van der Waals surface area contributed by atoms with Crippen LogP contribution in [0.1, 0.15) is 12.2 Å². The molecule has 0 atom stereocenters. The summed E-state index contributed by atoms with van der Waals surface area (Å²) >= 11 is 0. The number of rotatable bonds is 4. The van der Waals surface area contributed by atoms with Gasteiger partial charge in [0.1, 0.15) is 5.76 Å². The number of hydrogen-bond acceptors (Lipinski definition) is 4. The Morgan fingerprint density at radius 2 is 2.14 bits per heavy atom. The zero-order valence-electron chi connectivity index (χ0n) is 12.2. The highest BCUT2D eigenvalue weighted by Crippen LogP contribution is 2.09. The third kappa shape index (κ3) is 4.49. The lowest BCUT2D eigenvalue weighted by Gasteiger charge is -2.26. The molecule has 2 rings (SSSR count). The van der Waals surface area contributed by atoms with Crippen LogP contribution in [0.3, 0.4) is 0 Å². The number of hydrogen-bond donors (Lipinski definition) is 1. The number of urea groups is 1. The van der Waals surface area contributed by atoms with Crippen molar-refractivity contribution >= 4 is 12.0 Å². The number of nitrogens with zero attached hydrogens (tertiary/aromatic N) is 3. The van der Waals surface area contributed by atoms with Gasteiger partial charge in [0.15, 0.2) is 0 Å². The van der Waals surface area contributed by atoms with Gasteiger partial charge in [0, 0.05) is 33.2 Å². The lowest BCUT2D eigenvalue weighted by atomic mass is 10.4. The summed E-state index contributed by atoms with van der Waals surface area (Å²) in [6, 6.07) is 3.58. The molecule has 0 aromatic carbocycles. The van der Waals surface area contributed by atoms with E-state index in [1.54, 1.807) is 29.2 Å². The van der Waals surface area contributed by atoms with Crippen LogP contribution in [0.4, 0.5) is 4.79 Å². The molecule has 0 unspecified atom stereocenters. The first-order valence-electron chi connectivity index (χ1n) is 7.03. The maximum Gasteiger partial charge on any atom is 0.320 e. The van der Waals surface area contributed by atoms with Crippen molar-refractivity contribution in [2.24, 2.45) is 0 Å². The summed E-state index contributed by atoms with van der Waals surface area (Å²) < 4.78 is 5.24. The van der Waals surface area contributed by atoms with Gasteiger partial charge >= 0.3 is 12.0 Å². The van der Waals surface area contributed by atoms with Crippen LogP contribution in [-0.2, 0) is 11.3 Å². The smallest absolute Gasteiger partial charge is 0.320 e. The minimum absolute atomic E-state index is 0.0320. The summed E-state index contributed by atoms with van der Waals surface area (Å²) in [5.41, 5.74) is 0. The number of carboxylic acid groups (broad SMARTS) is 1. The molecular formula is C14H21N3O4. The Kier molecular flexibility index (Phi) is 5.21. The second-order valence-electron chi connectivity index (χ2n) is 5.23. The van der Waals surface area contributed by atoms with Crippen LogP contribution in [0, 0.1) is 0 Å². The van der Waals surface area contributed by atoms with E-state index < -0.39 is 5.97 Å². The molecule has 1 aromatic rings. The standard InChI is InChI=1S/C14H21N3O4/c1-15(10-12-4-2-9-21-12)14(20)17-6-3-5-16(7-8-17)11-13(18)19/h2,4,9H,3,5-8,10-11H2,1H3,(H,18,19). The predicted octanol–water partition coefficient (Wildman–Crippen LogP) is 0.924. The fraction of sp³-hybridized carbons (Fsp3) is 0.571. The molecule has 0 bridgehead atoms. The highest BCUT2D eigenvalue weighted by atomic mass is 16.4. The Balaban J connectivity index is 1.86. The van der Waals surface area contributed by atoms with Crippen LogP contribution in [0.15, 0.2) is 22.8 Å². The minimum atomic E-state index is -0.829. The number of amides is 2. The van der Waals surface area contributed by atoms with Crippen LogP contribution in [-0.4, -0.2) is 71.6 Å². The van der Waals surface area contributed by atoms with Crippen LogP contribution >= 0.6 is 0 Å². The van der Waals surface area contributed by atoms with Crippen LogP contribution in [0.25, 0.3) is 0 Å². The summed E-state index contributed by atoms with van der Waals surface area (Å²) in [6.45, 7) is 2.96. The van der Waals surface area contributed by atoms with Gasteiger partial charge in [-0.3, -0.25) is 9.69 Å². The molecule has 7 nitrogen and oxygen atoms in total. The molecule has 1 fully saturated rings. The normalized spacial score (nSPS) is 16.5. The molecule has 1 aliphatic heterocycles. The van der Waals surface area contributed by atoms with Gasteiger partial charge in [-0.15, -0.1) is 0 Å². The molecule has 2 heterocycles. The molecule has 116 valence electrons. The SMILES string of the molecule is CN(Cc1ccco1)C(=O)N1CCCN(CC(=O)O)CC1. The van der Waals surface area contributed by atoms with E-state index in [9.17, 15) is 9.59 Å². The van der Waals surface area contributed by atoms with Crippen molar-refractivity contribution in [2.45, 2.75) is 13.0 Å². The van der Waals surface area contributed by atoms with E-state index in [2.05, 4.69) is 0 Å². The molecule has 0 spiro atoms. The molecule has 0 saturated carbocycles. The monoisotopic (exact) mass is 295 g/mol. The van der Waals surface area contributed by atoms with Gasteiger partial charge in [-0.1, -0.05) is 0 Å². The fourth-order valence-corrected chi connectivity index (χ4v) is 2.46. The third-order valence-electron chi connectivity index (χ3n) is 3.52. The van der Waals surface area contributed by atoms with Crippen molar-refractivity contribution in [3.8, 4) is 0 Å². The van der Waals surface area contributed by atoms with Crippen molar-refractivity contribution in [3.63, 3.8) is 0 Å². The Hall–Kier alpha value is -2.02. The van der Waals surface area contributed by atoms with E-state index >= 15 is 0 Å². The fourth-order valence-electron chi connectivity index (χ4n) is 2.46. The lowest BCUT2D eigenvalue weighted by molar-refractivity contribution is -0.138. The largest absolute Gasteiger partial charge is 0.480 e. The van der Waals surface area contributed by atoms with E-state index in [1.807, 2.05) is 11.0 Å². The summed E-state index contributed by atoms with van der Waals surface area (Å²) in [5, 5.41) is 8.82. The minimum Gasteiger partial charge on any atom is -0.480 e. The Bertz CT molecular complexity index is 475. The van der Waals surface area contributed by atoms with Crippen LogP contribution < -0.4 is 0 Å². The maximum absolute atomic E-state index is 12.4. The number of carboxylic acids is 1. The number of furan rings is 1. The Labute approximate surface area is 123 Å². The number of carbonyl (C=O) groups excluding carboxylic acids is 1. The highest BCUT2D eigenvalue weighted by Gasteiger charge is 2.22. The molecule has 21 heavy (non-hydrogen) atoms. The summed E-state index contributed by atoms with van der Waals surface area (Å²) in [5.74, 6) is -0.0853. The first kappa shape index (κ1) is 15.4. The molecule has 1 aliphatic rings. The van der Waals surface area contributed by atoms with Crippen LogP contribution in [0.5, 0.6) is 0 Å². The van der Waals surface area contributed by atoms with E-state index in [-0.39, 0.29) is 12.6 Å². The van der Waals surface area contributed by atoms with Gasteiger partial charge < -0.3 is 19.3 Å². The van der Waals surface area contributed by atoms with Gasteiger partial charge in [0.2, 0.25) is 0 Å². The zero-order valence-corrected chi connectivity index (χ0v) is 12.2. The molecular weight excluding hydrogens is 274 g/mol. The second-order valence-corrected chi connectivity index (χ2v) is 5.23. The average molecular weight is 295 g/mol. The summed E-state index contributed by atoms with van der Waals surface area (Å²) in [4.78, 5) is 28.4.